The lowest BCUT2D eigenvalue weighted by Gasteiger charge is -2.26. The predicted molar refractivity (Wildman–Crippen MR) is 133 cm³/mol. The molecule has 1 aliphatic rings. The topological polar surface area (TPSA) is 101 Å². The predicted octanol–water partition coefficient (Wildman–Crippen LogP) is 4.39. The van der Waals surface area contributed by atoms with Gasteiger partial charge in [0.2, 0.25) is 5.91 Å². The van der Waals surface area contributed by atoms with Crippen LogP contribution in [0.4, 0.5) is 0 Å². The van der Waals surface area contributed by atoms with Crippen LogP contribution in [-0.4, -0.2) is 27.7 Å². The maximum atomic E-state index is 13.6. The van der Waals surface area contributed by atoms with Gasteiger partial charge in [-0.15, -0.1) is 0 Å². The number of benzene rings is 1. The Morgan fingerprint density at radius 2 is 1.82 bits per heavy atom. The third-order valence-corrected chi connectivity index (χ3v) is 6.30. The molecule has 1 aromatic heterocycles. The number of hydrogen-bond donors (Lipinski definition) is 2. The molecule has 1 aromatic carbocycles. The van der Waals surface area contributed by atoms with Gasteiger partial charge in [-0.2, -0.15) is 0 Å². The highest BCUT2D eigenvalue weighted by Crippen LogP contribution is 2.38. The minimum atomic E-state index is -1.04. The van der Waals surface area contributed by atoms with E-state index < -0.39 is 5.54 Å². The molecule has 7 nitrogen and oxygen atoms in total. The Kier molecular flexibility index (Phi) is 8.61. The van der Waals surface area contributed by atoms with Crippen molar-refractivity contribution in [2.75, 3.05) is 0 Å². The number of hydrogen-bond acceptors (Lipinski definition) is 5. The van der Waals surface area contributed by atoms with Gasteiger partial charge in [0.1, 0.15) is 0 Å². The molecule has 2 aromatic rings. The average molecular weight is 514 g/mol. The number of nitrogens with zero attached hydrogens (tertiary/aromatic N) is 3. The molecule has 3 rings (SSSR count). The molecule has 8 heteroatoms. The standard InChI is InChI=1S/C25H32BrN5O2/c1-3-5-7-22(32)29-14-18-8-10-19(11-9-18)17-31-23(33)25(12-6-4-2,30-24(31)27)20-13-21(26)16-28-15-20/h8-11,13,15-16H,3-7,12,14,17H2,1-2H3,(H2,27,30)(H,29,32). The number of aromatic nitrogens is 1. The molecule has 0 saturated heterocycles. The van der Waals surface area contributed by atoms with E-state index in [0.29, 0.717) is 25.9 Å². The third kappa shape index (κ3) is 5.99. The van der Waals surface area contributed by atoms with Crippen LogP contribution in [0.25, 0.3) is 0 Å². The summed E-state index contributed by atoms with van der Waals surface area (Å²) in [5.41, 5.74) is 7.92. The van der Waals surface area contributed by atoms with E-state index in [4.69, 9.17) is 5.73 Å². The first kappa shape index (κ1) is 24.9. The quantitative estimate of drug-likeness (QED) is 0.465. The molecular weight excluding hydrogens is 482 g/mol. The van der Waals surface area contributed by atoms with Crippen LogP contribution in [0.5, 0.6) is 0 Å². The van der Waals surface area contributed by atoms with Gasteiger partial charge in [0, 0.05) is 35.4 Å². The second kappa shape index (κ2) is 11.4. The van der Waals surface area contributed by atoms with Crippen molar-refractivity contribution in [2.24, 2.45) is 10.7 Å². The smallest absolute Gasteiger partial charge is 0.262 e. The lowest BCUT2D eigenvalue weighted by Crippen LogP contribution is -2.42. The molecule has 0 bridgehead atoms. The first-order valence-electron chi connectivity index (χ1n) is 11.5. The minimum absolute atomic E-state index is 0.0676. The summed E-state index contributed by atoms with van der Waals surface area (Å²) in [6, 6.07) is 9.74. The van der Waals surface area contributed by atoms with E-state index in [2.05, 4.69) is 45.1 Å². The maximum Gasteiger partial charge on any atom is 0.262 e. The molecule has 176 valence electrons. The lowest BCUT2D eigenvalue weighted by molar-refractivity contribution is -0.132. The first-order chi connectivity index (χ1) is 15.9. The molecular formula is C25H32BrN5O2. The molecule has 0 saturated carbocycles. The minimum Gasteiger partial charge on any atom is -0.369 e. The average Bonchev–Trinajstić information content (AvgIpc) is 3.06. The SMILES string of the molecule is CCCCC(=O)NCc1ccc(CN2C(=O)C(CCCC)(c3cncc(Br)c3)N=C2N)cc1. The summed E-state index contributed by atoms with van der Waals surface area (Å²) in [4.78, 5) is 35.9. The largest absolute Gasteiger partial charge is 0.369 e. The number of carbonyl (C=O) groups excluding carboxylic acids is 2. The number of aliphatic imine (C=N–C) groups is 1. The molecule has 1 aliphatic heterocycles. The molecule has 1 atom stereocenters. The van der Waals surface area contributed by atoms with Crippen LogP contribution in [-0.2, 0) is 28.2 Å². The van der Waals surface area contributed by atoms with Crippen LogP contribution in [0.3, 0.4) is 0 Å². The summed E-state index contributed by atoms with van der Waals surface area (Å²) in [6.07, 6.45) is 8.21. The van der Waals surface area contributed by atoms with Crippen molar-refractivity contribution in [3.8, 4) is 0 Å². The van der Waals surface area contributed by atoms with Crippen molar-refractivity contribution in [2.45, 2.75) is 71.0 Å². The van der Waals surface area contributed by atoms with Crippen LogP contribution in [0.15, 0.2) is 52.2 Å². The number of halogens is 1. The number of nitrogens with two attached hydrogens (primary N) is 1. The molecule has 2 amide bonds. The Bertz CT molecular complexity index is 1010. The Morgan fingerprint density at radius 3 is 2.48 bits per heavy atom. The molecule has 1 unspecified atom stereocenters. The van der Waals surface area contributed by atoms with Crippen LogP contribution in [0.2, 0.25) is 0 Å². The number of nitrogens with one attached hydrogen (secondary N) is 1. The highest BCUT2D eigenvalue weighted by molar-refractivity contribution is 9.10. The monoisotopic (exact) mass is 513 g/mol. The summed E-state index contributed by atoms with van der Waals surface area (Å²) in [6.45, 7) is 4.99. The van der Waals surface area contributed by atoms with Crippen LogP contribution >= 0.6 is 15.9 Å². The van der Waals surface area contributed by atoms with Gasteiger partial charge in [-0.3, -0.25) is 19.5 Å². The normalized spacial score (nSPS) is 17.8. The van der Waals surface area contributed by atoms with Crippen molar-refractivity contribution in [3.63, 3.8) is 0 Å². The molecule has 2 heterocycles. The van der Waals surface area contributed by atoms with Crippen LogP contribution in [0, 0.1) is 0 Å². The van der Waals surface area contributed by atoms with Gasteiger partial charge in [-0.05, 0) is 46.0 Å². The molecule has 0 fully saturated rings. The summed E-state index contributed by atoms with van der Waals surface area (Å²) < 4.78 is 0.799. The fourth-order valence-electron chi connectivity index (χ4n) is 3.92. The second-order valence-electron chi connectivity index (χ2n) is 8.41. The van der Waals surface area contributed by atoms with E-state index in [1.54, 1.807) is 17.3 Å². The van der Waals surface area contributed by atoms with Crippen molar-refractivity contribution in [3.05, 3.63) is 63.9 Å². The summed E-state index contributed by atoms with van der Waals surface area (Å²) in [7, 11) is 0. The van der Waals surface area contributed by atoms with Gasteiger partial charge >= 0.3 is 0 Å². The second-order valence-corrected chi connectivity index (χ2v) is 9.33. The van der Waals surface area contributed by atoms with E-state index in [1.807, 2.05) is 30.3 Å². The highest BCUT2D eigenvalue weighted by atomic mass is 79.9. The molecule has 0 spiro atoms. The molecule has 3 N–H and O–H groups in total. The zero-order chi connectivity index (χ0) is 23.8. The first-order valence-corrected chi connectivity index (χ1v) is 12.3. The fourth-order valence-corrected chi connectivity index (χ4v) is 4.29. The highest BCUT2D eigenvalue weighted by Gasteiger charge is 2.48. The molecule has 0 aliphatic carbocycles. The fraction of sp³-hybridized carbons (Fsp3) is 0.440. The van der Waals surface area contributed by atoms with E-state index >= 15 is 0 Å². The van der Waals surface area contributed by atoms with Crippen LogP contribution < -0.4 is 11.1 Å². The molecule has 33 heavy (non-hydrogen) atoms. The number of unbranched alkanes of at least 4 members (excludes halogenated alkanes) is 2. The number of rotatable bonds is 11. The zero-order valence-electron chi connectivity index (χ0n) is 19.3. The van der Waals surface area contributed by atoms with E-state index in [9.17, 15) is 9.59 Å². The molecule has 0 radical (unpaired) electrons. The Hall–Kier alpha value is -2.74. The number of guanidine groups is 1. The summed E-state index contributed by atoms with van der Waals surface area (Å²) >= 11 is 3.45. The number of carbonyl (C=O) groups is 2. The number of pyridine rings is 1. The Morgan fingerprint density at radius 1 is 1.12 bits per heavy atom. The maximum absolute atomic E-state index is 13.6. The Labute approximate surface area is 204 Å². The lowest BCUT2D eigenvalue weighted by atomic mass is 9.86. The van der Waals surface area contributed by atoms with E-state index in [-0.39, 0.29) is 17.8 Å². The van der Waals surface area contributed by atoms with Gasteiger partial charge in [0.25, 0.3) is 5.91 Å². The van der Waals surface area contributed by atoms with Crippen molar-refractivity contribution < 1.29 is 9.59 Å². The van der Waals surface area contributed by atoms with Gasteiger partial charge in [0.15, 0.2) is 11.5 Å². The Balaban J connectivity index is 1.72. The number of amides is 2. The van der Waals surface area contributed by atoms with Gasteiger partial charge in [0.05, 0.1) is 6.54 Å². The summed E-state index contributed by atoms with van der Waals surface area (Å²) in [5, 5.41) is 2.94. The zero-order valence-corrected chi connectivity index (χ0v) is 20.9. The van der Waals surface area contributed by atoms with E-state index in [0.717, 1.165) is 46.8 Å². The van der Waals surface area contributed by atoms with Gasteiger partial charge in [-0.25, -0.2) is 4.99 Å². The van der Waals surface area contributed by atoms with Crippen molar-refractivity contribution in [1.82, 2.24) is 15.2 Å². The van der Waals surface area contributed by atoms with E-state index in [1.165, 1.54) is 0 Å². The third-order valence-electron chi connectivity index (χ3n) is 5.87. The van der Waals surface area contributed by atoms with Gasteiger partial charge < -0.3 is 11.1 Å². The van der Waals surface area contributed by atoms with Crippen LogP contribution in [0.1, 0.15) is 69.1 Å². The summed E-state index contributed by atoms with van der Waals surface area (Å²) in [5.74, 6) is 0.169. The van der Waals surface area contributed by atoms with Crippen molar-refractivity contribution in [1.29, 1.82) is 0 Å². The van der Waals surface area contributed by atoms with Crippen molar-refractivity contribution >= 4 is 33.7 Å². The van der Waals surface area contributed by atoms with Gasteiger partial charge in [-0.1, -0.05) is 57.4 Å².